The van der Waals surface area contributed by atoms with E-state index in [1.54, 1.807) is 0 Å². The summed E-state index contributed by atoms with van der Waals surface area (Å²) in [6.07, 6.45) is 4.61. The molecule has 0 spiro atoms. The topological polar surface area (TPSA) is 32.3 Å². The average molecular weight is 205 g/mol. The Balaban J connectivity index is 2.16. The molecule has 0 amide bonds. The number of aliphatic hydroxyl groups is 1. The molecule has 2 N–H and O–H groups in total. The van der Waals surface area contributed by atoms with Crippen molar-refractivity contribution >= 4 is 5.69 Å². The molecule has 82 valence electrons. The summed E-state index contributed by atoms with van der Waals surface area (Å²) in [4.78, 5) is 0. The van der Waals surface area contributed by atoms with Gasteiger partial charge < -0.3 is 10.4 Å². The van der Waals surface area contributed by atoms with Gasteiger partial charge in [-0.15, -0.1) is 0 Å². The molecule has 0 aromatic heterocycles. The number of hydrogen-bond donors (Lipinski definition) is 2. The van der Waals surface area contributed by atoms with Crippen molar-refractivity contribution in [3.8, 4) is 0 Å². The molecule has 2 nitrogen and oxygen atoms in total. The molecule has 1 saturated carbocycles. The van der Waals surface area contributed by atoms with Crippen LogP contribution in [0.2, 0.25) is 0 Å². The number of aliphatic hydroxyl groups excluding tert-OH is 1. The highest BCUT2D eigenvalue weighted by Crippen LogP contribution is 2.33. The third-order valence-corrected chi connectivity index (χ3v) is 3.41. The van der Waals surface area contributed by atoms with Gasteiger partial charge in [-0.25, -0.2) is 0 Å². The zero-order valence-corrected chi connectivity index (χ0v) is 9.29. The quantitative estimate of drug-likeness (QED) is 0.795. The lowest BCUT2D eigenvalue weighted by atomic mass is 9.98. The fourth-order valence-electron chi connectivity index (χ4n) is 2.37. The molecule has 0 heterocycles. The predicted octanol–water partition coefficient (Wildman–Crippen LogP) is 2.71. The van der Waals surface area contributed by atoms with Gasteiger partial charge in [0.05, 0.1) is 12.1 Å². The van der Waals surface area contributed by atoms with E-state index in [0.29, 0.717) is 0 Å². The van der Waals surface area contributed by atoms with Crippen molar-refractivity contribution in [2.45, 2.75) is 38.1 Å². The van der Waals surface area contributed by atoms with E-state index in [1.165, 1.54) is 18.4 Å². The highest BCUT2D eigenvalue weighted by molar-refractivity contribution is 5.52. The molecule has 1 fully saturated rings. The molecule has 1 aliphatic carbocycles. The van der Waals surface area contributed by atoms with Gasteiger partial charge in [0.1, 0.15) is 0 Å². The van der Waals surface area contributed by atoms with Crippen molar-refractivity contribution in [3.63, 3.8) is 0 Å². The Kier molecular flexibility index (Phi) is 2.96. The number of para-hydroxylation sites is 1. The highest BCUT2D eigenvalue weighted by Gasteiger charge is 2.33. The van der Waals surface area contributed by atoms with Gasteiger partial charge in [-0.05, 0) is 31.4 Å². The molecule has 0 saturated heterocycles. The van der Waals surface area contributed by atoms with Crippen LogP contribution in [0.5, 0.6) is 0 Å². The van der Waals surface area contributed by atoms with E-state index in [4.69, 9.17) is 0 Å². The van der Waals surface area contributed by atoms with Crippen molar-refractivity contribution in [2.24, 2.45) is 0 Å². The largest absolute Gasteiger partial charge is 0.394 e. The summed E-state index contributed by atoms with van der Waals surface area (Å²) >= 11 is 0. The fourth-order valence-corrected chi connectivity index (χ4v) is 2.37. The average Bonchev–Trinajstić information content (AvgIpc) is 2.71. The van der Waals surface area contributed by atoms with Crippen molar-refractivity contribution in [3.05, 3.63) is 29.8 Å². The monoisotopic (exact) mass is 205 g/mol. The molecule has 0 bridgehead atoms. The van der Waals surface area contributed by atoms with E-state index in [2.05, 4.69) is 24.4 Å². The van der Waals surface area contributed by atoms with Crippen LogP contribution in [0.4, 0.5) is 5.69 Å². The first-order valence-corrected chi connectivity index (χ1v) is 5.70. The van der Waals surface area contributed by atoms with Crippen molar-refractivity contribution < 1.29 is 5.11 Å². The van der Waals surface area contributed by atoms with Gasteiger partial charge in [0.15, 0.2) is 0 Å². The lowest BCUT2D eigenvalue weighted by Crippen LogP contribution is -2.39. The maximum atomic E-state index is 9.51. The summed E-state index contributed by atoms with van der Waals surface area (Å²) in [6, 6.07) is 8.27. The zero-order chi connectivity index (χ0) is 10.7. The van der Waals surface area contributed by atoms with Gasteiger partial charge in [0.2, 0.25) is 0 Å². The minimum Gasteiger partial charge on any atom is -0.394 e. The van der Waals surface area contributed by atoms with E-state index >= 15 is 0 Å². The Morgan fingerprint density at radius 2 is 1.93 bits per heavy atom. The molecule has 0 unspecified atom stereocenters. The predicted molar refractivity (Wildman–Crippen MR) is 63.1 cm³/mol. The molecule has 0 atom stereocenters. The molecular weight excluding hydrogens is 186 g/mol. The number of anilines is 1. The molecule has 15 heavy (non-hydrogen) atoms. The number of hydrogen-bond acceptors (Lipinski definition) is 2. The van der Waals surface area contributed by atoms with Gasteiger partial charge in [-0.1, -0.05) is 31.0 Å². The SMILES string of the molecule is Cc1ccccc1NC1(CO)CCCC1. The molecule has 0 radical (unpaired) electrons. The first kappa shape index (κ1) is 10.5. The van der Waals surface area contributed by atoms with Gasteiger partial charge in [0.25, 0.3) is 0 Å². The van der Waals surface area contributed by atoms with Crippen molar-refractivity contribution in [1.82, 2.24) is 0 Å². The van der Waals surface area contributed by atoms with E-state index in [0.717, 1.165) is 18.5 Å². The number of aryl methyl sites for hydroxylation is 1. The summed E-state index contributed by atoms with van der Waals surface area (Å²) in [5.74, 6) is 0. The van der Waals surface area contributed by atoms with E-state index in [9.17, 15) is 5.11 Å². The maximum absolute atomic E-state index is 9.51. The van der Waals surface area contributed by atoms with Crippen LogP contribution in [0.25, 0.3) is 0 Å². The lowest BCUT2D eigenvalue weighted by Gasteiger charge is -2.30. The van der Waals surface area contributed by atoms with Crippen LogP contribution >= 0.6 is 0 Å². The first-order valence-electron chi connectivity index (χ1n) is 5.70. The standard InChI is InChI=1S/C13H19NO/c1-11-6-2-3-7-12(11)14-13(10-15)8-4-5-9-13/h2-3,6-7,14-15H,4-5,8-10H2,1H3. The Labute approximate surface area is 91.3 Å². The summed E-state index contributed by atoms with van der Waals surface area (Å²) in [5.41, 5.74) is 2.34. The summed E-state index contributed by atoms with van der Waals surface area (Å²) < 4.78 is 0. The van der Waals surface area contributed by atoms with Crippen LogP contribution in [-0.2, 0) is 0 Å². The second-order valence-electron chi connectivity index (χ2n) is 4.59. The maximum Gasteiger partial charge on any atom is 0.0661 e. The lowest BCUT2D eigenvalue weighted by molar-refractivity contribution is 0.214. The van der Waals surface area contributed by atoms with E-state index < -0.39 is 0 Å². The molecular formula is C13H19NO. The Bertz CT molecular complexity index is 329. The van der Waals surface area contributed by atoms with Crippen molar-refractivity contribution in [1.29, 1.82) is 0 Å². The van der Waals surface area contributed by atoms with Crippen LogP contribution in [-0.4, -0.2) is 17.3 Å². The van der Waals surface area contributed by atoms with Gasteiger partial charge in [-0.2, -0.15) is 0 Å². The van der Waals surface area contributed by atoms with Crippen LogP contribution in [0.1, 0.15) is 31.2 Å². The normalized spacial score (nSPS) is 19.1. The molecule has 1 aromatic rings. The second kappa shape index (κ2) is 4.23. The molecule has 1 aromatic carbocycles. The summed E-state index contributed by atoms with van der Waals surface area (Å²) in [6.45, 7) is 2.34. The van der Waals surface area contributed by atoms with Gasteiger partial charge in [-0.3, -0.25) is 0 Å². The Hall–Kier alpha value is -1.02. The van der Waals surface area contributed by atoms with Crippen LogP contribution in [0, 0.1) is 6.92 Å². The Morgan fingerprint density at radius 1 is 1.27 bits per heavy atom. The van der Waals surface area contributed by atoms with Crippen LogP contribution < -0.4 is 5.32 Å². The first-order chi connectivity index (χ1) is 7.26. The van der Waals surface area contributed by atoms with Gasteiger partial charge in [0, 0.05) is 5.69 Å². The highest BCUT2D eigenvalue weighted by atomic mass is 16.3. The minimum absolute atomic E-state index is 0.0634. The van der Waals surface area contributed by atoms with Crippen molar-refractivity contribution in [2.75, 3.05) is 11.9 Å². The van der Waals surface area contributed by atoms with E-state index in [-0.39, 0.29) is 12.1 Å². The molecule has 1 aliphatic rings. The fraction of sp³-hybridized carbons (Fsp3) is 0.538. The van der Waals surface area contributed by atoms with E-state index in [1.807, 2.05) is 12.1 Å². The molecule has 2 heteroatoms. The minimum atomic E-state index is -0.0634. The smallest absolute Gasteiger partial charge is 0.0661 e. The summed E-state index contributed by atoms with van der Waals surface area (Å²) in [5, 5.41) is 13.0. The van der Waals surface area contributed by atoms with Gasteiger partial charge >= 0.3 is 0 Å². The zero-order valence-electron chi connectivity index (χ0n) is 9.29. The van der Waals surface area contributed by atoms with Crippen LogP contribution in [0.3, 0.4) is 0 Å². The molecule has 2 rings (SSSR count). The summed E-state index contributed by atoms with van der Waals surface area (Å²) in [7, 11) is 0. The second-order valence-corrected chi connectivity index (χ2v) is 4.59. The third kappa shape index (κ3) is 2.15. The third-order valence-electron chi connectivity index (χ3n) is 3.41. The number of rotatable bonds is 3. The number of nitrogens with one attached hydrogen (secondary N) is 1. The van der Waals surface area contributed by atoms with Crippen LogP contribution in [0.15, 0.2) is 24.3 Å². The Morgan fingerprint density at radius 3 is 2.53 bits per heavy atom. The molecule has 0 aliphatic heterocycles. The number of benzene rings is 1.